The van der Waals surface area contributed by atoms with E-state index in [4.69, 9.17) is 21.1 Å². The quantitative estimate of drug-likeness (QED) is 0.601. The maximum Gasteiger partial charge on any atom is 0.223 e. The molecule has 7 nitrogen and oxygen atoms in total. The van der Waals surface area contributed by atoms with Crippen LogP contribution in [0.1, 0.15) is 6.92 Å². The lowest BCUT2D eigenvalue weighted by Gasteiger charge is -2.42. The summed E-state index contributed by atoms with van der Waals surface area (Å²) in [5, 5.41) is 32.2. The fourth-order valence-corrected chi connectivity index (χ4v) is 2.34. The second kappa shape index (κ2) is 7.26. The van der Waals surface area contributed by atoms with Gasteiger partial charge in [0.25, 0.3) is 0 Å². The Kier molecular flexibility index (Phi) is 5.60. The molecule has 1 fully saturated rings. The lowest BCUT2D eigenvalue weighted by molar-refractivity contribution is -0.244. The number of aliphatic hydroxyl groups is 3. The van der Waals surface area contributed by atoms with E-state index in [-0.39, 0.29) is 0 Å². The molecular formula is C14H18ClNO6. The number of aliphatic hydroxyl groups excluding tert-OH is 3. The van der Waals surface area contributed by atoms with Gasteiger partial charge in [0.1, 0.15) is 30.1 Å². The first-order valence-electron chi connectivity index (χ1n) is 6.74. The molecular weight excluding hydrogens is 314 g/mol. The van der Waals surface area contributed by atoms with Crippen molar-refractivity contribution < 1.29 is 29.6 Å². The molecule has 1 heterocycles. The van der Waals surface area contributed by atoms with E-state index in [9.17, 15) is 20.1 Å². The second-order valence-corrected chi connectivity index (χ2v) is 5.44. The molecule has 1 saturated heterocycles. The van der Waals surface area contributed by atoms with Crippen molar-refractivity contribution in [3.8, 4) is 5.75 Å². The van der Waals surface area contributed by atoms with Crippen LogP contribution >= 0.6 is 11.6 Å². The lowest BCUT2D eigenvalue weighted by atomic mass is 9.97. The number of carbonyl (C=O) groups excluding carboxylic acids is 1. The maximum atomic E-state index is 11.3. The van der Waals surface area contributed by atoms with E-state index in [1.54, 1.807) is 24.3 Å². The molecule has 2 rings (SSSR count). The smallest absolute Gasteiger partial charge is 0.223 e. The first-order chi connectivity index (χ1) is 10.4. The number of nitrogens with one attached hydrogen (secondary N) is 1. The molecule has 1 amide bonds. The molecule has 1 aliphatic heterocycles. The number of hydrogen-bond donors (Lipinski definition) is 4. The average molecular weight is 332 g/mol. The number of carbonyl (C=O) groups is 1. The topological polar surface area (TPSA) is 108 Å². The second-order valence-electron chi connectivity index (χ2n) is 5.00. The molecule has 0 aliphatic carbocycles. The predicted octanol–water partition coefficient (Wildman–Crippen LogP) is -0.338. The Morgan fingerprint density at radius 2 is 1.95 bits per heavy atom. The summed E-state index contributed by atoms with van der Waals surface area (Å²) < 4.78 is 11.0. The van der Waals surface area contributed by atoms with Gasteiger partial charge in [-0.25, -0.2) is 0 Å². The normalized spacial score (nSPS) is 31.6. The summed E-state index contributed by atoms with van der Waals surface area (Å²) in [6, 6.07) is 5.44. The Labute approximate surface area is 132 Å². The number of rotatable bonds is 4. The summed E-state index contributed by atoms with van der Waals surface area (Å²) in [4.78, 5) is 11.3. The maximum absolute atomic E-state index is 11.3. The molecule has 0 saturated carbocycles. The highest BCUT2D eigenvalue weighted by atomic mass is 35.5. The first kappa shape index (κ1) is 17.0. The van der Waals surface area contributed by atoms with Crippen LogP contribution in [0.4, 0.5) is 0 Å². The van der Waals surface area contributed by atoms with Crippen molar-refractivity contribution in [2.75, 3.05) is 6.61 Å². The van der Waals surface area contributed by atoms with E-state index in [0.717, 1.165) is 0 Å². The molecule has 8 heteroatoms. The zero-order chi connectivity index (χ0) is 16.3. The van der Waals surface area contributed by atoms with Gasteiger partial charge in [-0.2, -0.15) is 0 Å². The molecule has 122 valence electrons. The summed E-state index contributed by atoms with van der Waals surface area (Å²) in [5.74, 6) is -0.00274. The third kappa shape index (κ3) is 3.88. The van der Waals surface area contributed by atoms with Crippen LogP contribution in [0.5, 0.6) is 5.75 Å². The predicted molar refractivity (Wildman–Crippen MR) is 77.4 cm³/mol. The fourth-order valence-electron chi connectivity index (χ4n) is 2.22. The third-order valence-electron chi connectivity index (χ3n) is 3.32. The molecule has 0 bridgehead atoms. The molecule has 0 radical (unpaired) electrons. The van der Waals surface area contributed by atoms with E-state index in [1.807, 2.05) is 0 Å². The van der Waals surface area contributed by atoms with Gasteiger partial charge in [0.05, 0.1) is 6.61 Å². The van der Waals surface area contributed by atoms with Gasteiger partial charge < -0.3 is 30.1 Å². The highest BCUT2D eigenvalue weighted by Gasteiger charge is 2.46. The Hall–Kier alpha value is -1.38. The molecule has 4 N–H and O–H groups in total. The average Bonchev–Trinajstić information content (AvgIpc) is 2.48. The van der Waals surface area contributed by atoms with Crippen LogP contribution in [-0.2, 0) is 9.53 Å². The zero-order valence-corrected chi connectivity index (χ0v) is 12.6. The van der Waals surface area contributed by atoms with Crippen molar-refractivity contribution in [3.05, 3.63) is 29.3 Å². The van der Waals surface area contributed by atoms with Crippen molar-refractivity contribution >= 4 is 17.5 Å². The van der Waals surface area contributed by atoms with Crippen molar-refractivity contribution in [2.24, 2.45) is 0 Å². The van der Waals surface area contributed by atoms with Crippen LogP contribution in [0.25, 0.3) is 0 Å². The Balaban J connectivity index is 2.18. The number of benzene rings is 1. The molecule has 0 aromatic heterocycles. The van der Waals surface area contributed by atoms with Crippen LogP contribution < -0.4 is 10.1 Å². The van der Waals surface area contributed by atoms with Gasteiger partial charge in [-0.1, -0.05) is 11.6 Å². The van der Waals surface area contributed by atoms with Crippen molar-refractivity contribution in [3.63, 3.8) is 0 Å². The highest BCUT2D eigenvalue weighted by Crippen LogP contribution is 2.25. The van der Waals surface area contributed by atoms with Crippen molar-refractivity contribution in [1.82, 2.24) is 5.32 Å². The molecule has 5 atom stereocenters. The highest BCUT2D eigenvalue weighted by molar-refractivity contribution is 6.30. The number of ether oxygens (including phenoxy) is 2. The summed E-state index contributed by atoms with van der Waals surface area (Å²) >= 11 is 5.79. The third-order valence-corrected chi connectivity index (χ3v) is 3.57. The van der Waals surface area contributed by atoms with Crippen LogP contribution in [0, 0.1) is 0 Å². The minimum atomic E-state index is -1.34. The standard InChI is InChI=1S/C14H18ClNO6/c1-7(18)16-11-13(20)12(19)10(6-17)22-14(11)21-9-4-2-8(15)3-5-9/h2-5,10-14,17,19-20H,6H2,1H3,(H,16,18)/t10-,11+,12+,13-,14-/m0/s1. The van der Waals surface area contributed by atoms with E-state index >= 15 is 0 Å². The largest absolute Gasteiger partial charge is 0.463 e. The summed E-state index contributed by atoms with van der Waals surface area (Å²) in [6.45, 7) is 0.780. The SMILES string of the molecule is CC(=O)N[C@H]1[C@@H](Oc2ccc(Cl)cc2)O[C@@H](CO)[C@@H](O)[C@H]1O. The van der Waals surface area contributed by atoms with Gasteiger partial charge >= 0.3 is 0 Å². The summed E-state index contributed by atoms with van der Waals surface area (Å²) in [7, 11) is 0. The Bertz CT molecular complexity index is 511. The first-order valence-corrected chi connectivity index (χ1v) is 7.12. The number of amides is 1. The van der Waals surface area contributed by atoms with Gasteiger partial charge in [0.15, 0.2) is 0 Å². The fraction of sp³-hybridized carbons (Fsp3) is 0.500. The van der Waals surface area contributed by atoms with Crippen LogP contribution in [0.2, 0.25) is 5.02 Å². The van der Waals surface area contributed by atoms with Crippen molar-refractivity contribution in [2.45, 2.75) is 37.6 Å². The summed E-state index contributed by atoms with van der Waals surface area (Å²) in [6.07, 6.45) is -4.77. The van der Waals surface area contributed by atoms with Crippen LogP contribution in [0.3, 0.4) is 0 Å². The molecule has 1 aromatic carbocycles. The Morgan fingerprint density at radius 1 is 1.32 bits per heavy atom. The monoisotopic (exact) mass is 331 g/mol. The van der Waals surface area contributed by atoms with Gasteiger partial charge in [-0.15, -0.1) is 0 Å². The van der Waals surface area contributed by atoms with Crippen LogP contribution in [0.15, 0.2) is 24.3 Å². The van der Waals surface area contributed by atoms with E-state index in [0.29, 0.717) is 10.8 Å². The van der Waals surface area contributed by atoms with Crippen LogP contribution in [-0.4, -0.2) is 58.5 Å². The van der Waals surface area contributed by atoms with Gasteiger partial charge in [-0.3, -0.25) is 4.79 Å². The van der Waals surface area contributed by atoms with E-state index in [2.05, 4.69) is 5.32 Å². The Morgan fingerprint density at radius 3 is 2.50 bits per heavy atom. The number of hydrogen-bond acceptors (Lipinski definition) is 6. The number of halogens is 1. The molecule has 22 heavy (non-hydrogen) atoms. The van der Waals surface area contributed by atoms with E-state index in [1.165, 1.54) is 6.92 Å². The molecule has 0 unspecified atom stereocenters. The zero-order valence-electron chi connectivity index (χ0n) is 11.8. The van der Waals surface area contributed by atoms with E-state index < -0.39 is 43.2 Å². The molecule has 0 spiro atoms. The van der Waals surface area contributed by atoms with Gasteiger partial charge in [-0.05, 0) is 24.3 Å². The summed E-state index contributed by atoms with van der Waals surface area (Å²) in [5.41, 5.74) is 0. The minimum Gasteiger partial charge on any atom is -0.463 e. The van der Waals surface area contributed by atoms with Gasteiger partial charge in [0.2, 0.25) is 12.2 Å². The van der Waals surface area contributed by atoms with Gasteiger partial charge in [0, 0.05) is 11.9 Å². The lowest BCUT2D eigenvalue weighted by Crippen LogP contribution is -2.65. The minimum absolute atomic E-state index is 0.407. The molecule has 1 aromatic rings. The van der Waals surface area contributed by atoms with Crippen molar-refractivity contribution in [1.29, 1.82) is 0 Å². The molecule has 1 aliphatic rings.